The van der Waals surface area contributed by atoms with E-state index in [-0.39, 0.29) is 29.1 Å². The van der Waals surface area contributed by atoms with Crippen LogP contribution < -0.4 is 20.8 Å². The van der Waals surface area contributed by atoms with Gasteiger partial charge in [0.05, 0.1) is 38.5 Å². The van der Waals surface area contributed by atoms with E-state index < -0.39 is 11.9 Å². The van der Waals surface area contributed by atoms with E-state index in [2.05, 4.69) is 0 Å². The van der Waals surface area contributed by atoms with Gasteiger partial charge in [-0.15, -0.1) is 0 Å². The fourth-order valence-corrected chi connectivity index (χ4v) is 3.87. The van der Waals surface area contributed by atoms with Gasteiger partial charge < -0.3 is 28.9 Å². The highest BCUT2D eigenvalue weighted by Gasteiger charge is 2.39. The maximum atomic E-state index is 13.7. The molecule has 1 unspecified atom stereocenters. The zero-order valence-electron chi connectivity index (χ0n) is 17.4. The van der Waals surface area contributed by atoms with Crippen molar-refractivity contribution in [2.75, 3.05) is 14.2 Å². The number of benzene rings is 1. The highest BCUT2D eigenvalue weighted by molar-refractivity contribution is 5.92. The van der Waals surface area contributed by atoms with E-state index in [0.717, 1.165) is 0 Å². The molecule has 0 amide bonds. The lowest BCUT2D eigenvalue weighted by Crippen LogP contribution is -2.35. The predicted molar refractivity (Wildman–Crippen MR) is 112 cm³/mol. The Labute approximate surface area is 178 Å². The van der Waals surface area contributed by atoms with E-state index in [0.29, 0.717) is 28.5 Å². The average Bonchev–Trinajstić information content (AvgIpc) is 3.28. The number of esters is 1. The van der Waals surface area contributed by atoms with E-state index in [1.807, 2.05) is 0 Å². The molecular formula is C23H22N2O6. The first-order chi connectivity index (χ1) is 15.0. The van der Waals surface area contributed by atoms with Crippen molar-refractivity contribution in [2.45, 2.75) is 19.4 Å². The number of methoxy groups -OCH3 is 2. The Bertz CT molecular complexity index is 1220. The molecule has 3 aromatic rings. The van der Waals surface area contributed by atoms with Gasteiger partial charge in [0.25, 0.3) is 5.56 Å². The van der Waals surface area contributed by atoms with Crippen molar-refractivity contribution in [3.05, 3.63) is 93.1 Å². The summed E-state index contributed by atoms with van der Waals surface area (Å²) in [4.78, 5) is 26.4. The van der Waals surface area contributed by atoms with Crippen LogP contribution in [0.5, 0.6) is 11.5 Å². The number of hydrogen-bond donors (Lipinski definition) is 1. The van der Waals surface area contributed by atoms with Gasteiger partial charge in [0.2, 0.25) is 5.88 Å². The first kappa shape index (κ1) is 20.3. The molecule has 1 aliphatic rings. The van der Waals surface area contributed by atoms with Crippen molar-refractivity contribution in [3.63, 3.8) is 0 Å². The number of nitrogens with two attached hydrogens (primary N) is 1. The van der Waals surface area contributed by atoms with E-state index in [4.69, 9.17) is 24.4 Å². The molecule has 8 heteroatoms. The number of carbonyl (C=O) groups excluding carboxylic acids is 1. The van der Waals surface area contributed by atoms with Gasteiger partial charge in [-0.3, -0.25) is 4.79 Å². The summed E-state index contributed by atoms with van der Waals surface area (Å²) in [5.74, 6) is -0.205. The summed E-state index contributed by atoms with van der Waals surface area (Å²) in [6.45, 7) is 2.03. The molecule has 0 spiro atoms. The second-order valence-corrected chi connectivity index (χ2v) is 7.08. The fourth-order valence-electron chi connectivity index (χ4n) is 3.87. The van der Waals surface area contributed by atoms with Crippen LogP contribution in [0.1, 0.15) is 28.5 Å². The van der Waals surface area contributed by atoms with Crippen molar-refractivity contribution < 1.29 is 23.4 Å². The van der Waals surface area contributed by atoms with Crippen molar-refractivity contribution >= 4 is 5.97 Å². The Morgan fingerprint density at radius 1 is 1.19 bits per heavy atom. The summed E-state index contributed by atoms with van der Waals surface area (Å²) in [5, 5.41) is 0. The van der Waals surface area contributed by atoms with Gasteiger partial charge in [-0.05, 0) is 25.1 Å². The van der Waals surface area contributed by atoms with Crippen molar-refractivity contribution in [3.8, 4) is 11.5 Å². The van der Waals surface area contributed by atoms with E-state index in [9.17, 15) is 9.59 Å². The molecular weight excluding hydrogens is 400 g/mol. The Hall–Kier alpha value is -3.94. The standard InChI is InChI=1S/C23H22N2O6/c1-13-11-17-19(22(26)25(13)12-14-7-6-10-30-14)18(15-8-4-5-9-16(15)28-2)20(21(24)31-17)23(27)29-3/h4-11,18H,12,24H2,1-3H3. The number of aromatic nitrogens is 1. The number of pyridine rings is 1. The molecule has 0 radical (unpaired) electrons. The van der Waals surface area contributed by atoms with Crippen molar-refractivity contribution in [2.24, 2.45) is 5.73 Å². The van der Waals surface area contributed by atoms with Gasteiger partial charge in [-0.2, -0.15) is 0 Å². The SMILES string of the molecule is COC(=O)C1=C(N)Oc2cc(C)n(Cc3ccco3)c(=O)c2C1c1ccccc1OC. The third kappa shape index (κ3) is 3.46. The fraction of sp³-hybridized carbons (Fsp3) is 0.217. The van der Waals surface area contributed by atoms with Gasteiger partial charge >= 0.3 is 5.97 Å². The second-order valence-electron chi connectivity index (χ2n) is 7.08. The summed E-state index contributed by atoms with van der Waals surface area (Å²) >= 11 is 0. The van der Waals surface area contributed by atoms with Gasteiger partial charge in [-0.25, -0.2) is 4.79 Å². The maximum Gasteiger partial charge on any atom is 0.340 e. The van der Waals surface area contributed by atoms with E-state index in [1.54, 1.807) is 60.2 Å². The van der Waals surface area contributed by atoms with Crippen LogP contribution >= 0.6 is 0 Å². The third-order valence-electron chi connectivity index (χ3n) is 5.32. The van der Waals surface area contributed by atoms with Gasteiger partial charge in [-0.1, -0.05) is 18.2 Å². The largest absolute Gasteiger partial charge is 0.496 e. The number of ether oxygens (including phenoxy) is 3. The van der Waals surface area contributed by atoms with Crippen LogP contribution in [0.2, 0.25) is 0 Å². The number of aryl methyl sites for hydroxylation is 1. The lowest BCUT2D eigenvalue weighted by atomic mass is 9.83. The molecule has 0 aliphatic carbocycles. The molecule has 8 nitrogen and oxygen atoms in total. The highest BCUT2D eigenvalue weighted by atomic mass is 16.5. The summed E-state index contributed by atoms with van der Waals surface area (Å²) in [6.07, 6.45) is 1.55. The van der Waals surface area contributed by atoms with Crippen LogP contribution in [0.3, 0.4) is 0 Å². The summed E-state index contributed by atoms with van der Waals surface area (Å²) in [6, 6.07) is 12.4. The van der Waals surface area contributed by atoms with E-state index >= 15 is 0 Å². The molecule has 1 aliphatic heterocycles. The zero-order valence-corrected chi connectivity index (χ0v) is 17.4. The normalized spacial score (nSPS) is 15.3. The number of hydrogen-bond acceptors (Lipinski definition) is 7. The van der Waals surface area contributed by atoms with Crippen molar-refractivity contribution in [1.82, 2.24) is 4.57 Å². The molecule has 160 valence electrons. The van der Waals surface area contributed by atoms with E-state index in [1.165, 1.54) is 14.2 Å². The molecule has 3 heterocycles. The minimum Gasteiger partial charge on any atom is -0.496 e. The van der Waals surface area contributed by atoms with Crippen LogP contribution in [0.15, 0.2) is 69.4 Å². The van der Waals surface area contributed by atoms with Crippen LogP contribution in [-0.4, -0.2) is 24.8 Å². The quantitative estimate of drug-likeness (QED) is 0.630. The smallest absolute Gasteiger partial charge is 0.340 e. The van der Waals surface area contributed by atoms with Crippen molar-refractivity contribution in [1.29, 1.82) is 0 Å². The molecule has 4 rings (SSSR count). The zero-order chi connectivity index (χ0) is 22.1. The number of rotatable bonds is 5. The van der Waals surface area contributed by atoms with Crippen LogP contribution in [0.4, 0.5) is 0 Å². The van der Waals surface area contributed by atoms with Gasteiger partial charge in [0, 0.05) is 17.3 Å². The second kappa shape index (κ2) is 8.06. The average molecular weight is 422 g/mol. The summed E-state index contributed by atoms with van der Waals surface area (Å²) in [7, 11) is 2.77. The Kier molecular flexibility index (Phi) is 5.29. The Balaban J connectivity index is 1.99. The molecule has 31 heavy (non-hydrogen) atoms. The number of fused-ring (bicyclic) bond motifs is 1. The van der Waals surface area contributed by atoms with Gasteiger partial charge in [0.15, 0.2) is 0 Å². The first-order valence-corrected chi connectivity index (χ1v) is 9.61. The maximum absolute atomic E-state index is 13.7. The predicted octanol–water partition coefficient (Wildman–Crippen LogP) is 2.67. The Morgan fingerprint density at radius 2 is 1.97 bits per heavy atom. The minimum absolute atomic E-state index is 0.0463. The number of nitrogens with zero attached hydrogens (tertiary/aromatic N) is 1. The molecule has 1 atom stereocenters. The first-order valence-electron chi connectivity index (χ1n) is 9.61. The molecule has 0 saturated carbocycles. The van der Waals surface area contributed by atoms with Crippen LogP contribution in [-0.2, 0) is 16.1 Å². The third-order valence-corrected chi connectivity index (χ3v) is 5.32. The molecule has 0 bridgehead atoms. The van der Waals surface area contributed by atoms with Crippen LogP contribution in [0, 0.1) is 6.92 Å². The number of furan rings is 1. The molecule has 0 fully saturated rings. The monoisotopic (exact) mass is 422 g/mol. The Morgan fingerprint density at radius 3 is 2.65 bits per heavy atom. The minimum atomic E-state index is -0.830. The summed E-state index contributed by atoms with van der Waals surface area (Å²) in [5.41, 5.74) is 7.39. The lowest BCUT2D eigenvalue weighted by Gasteiger charge is -2.29. The molecule has 1 aromatic carbocycles. The lowest BCUT2D eigenvalue weighted by molar-refractivity contribution is -0.136. The molecule has 2 aromatic heterocycles. The topological polar surface area (TPSA) is 106 Å². The molecule has 2 N–H and O–H groups in total. The highest BCUT2D eigenvalue weighted by Crippen LogP contribution is 2.44. The van der Waals surface area contributed by atoms with Crippen LogP contribution in [0.25, 0.3) is 0 Å². The number of para-hydroxylation sites is 1. The summed E-state index contributed by atoms with van der Waals surface area (Å²) < 4.78 is 23.2. The molecule has 0 saturated heterocycles. The van der Waals surface area contributed by atoms with Gasteiger partial charge in [0.1, 0.15) is 22.8 Å². The number of carbonyl (C=O) groups is 1.